The standard InChI is InChI=1S/C9H9ClFNO2/c10-6-3-1-2-5(8(6)11)4-7(12)9(13)14/h1-3,7H,4,12H2,(H,13,14)/t7-/m0/s1. The van der Waals surface area contributed by atoms with Crippen LogP contribution in [0, 0.1) is 5.82 Å². The Hall–Kier alpha value is -1.13. The first-order valence-electron chi connectivity index (χ1n) is 3.93. The molecule has 0 unspecified atom stereocenters. The molecule has 1 aromatic carbocycles. The van der Waals surface area contributed by atoms with Crippen LogP contribution in [0.4, 0.5) is 4.39 Å². The van der Waals surface area contributed by atoms with Crippen LogP contribution in [0.1, 0.15) is 5.56 Å². The van der Waals surface area contributed by atoms with Crippen molar-refractivity contribution in [2.75, 3.05) is 0 Å². The average molecular weight is 218 g/mol. The van der Waals surface area contributed by atoms with Gasteiger partial charge < -0.3 is 10.8 Å². The molecule has 0 radical (unpaired) electrons. The van der Waals surface area contributed by atoms with E-state index in [1.54, 1.807) is 6.07 Å². The van der Waals surface area contributed by atoms with Gasteiger partial charge in [0.15, 0.2) is 0 Å². The van der Waals surface area contributed by atoms with Crippen LogP contribution in [-0.2, 0) is 11.2 Å². The Morgan fingerprint density at radius 1 is 1.64 bits per heavy atom. The molecule has 1 rings (SSSR count). The number of benzene rings is 1. The van der Waals surface area contributed by atoms with E-state index in [-0.39, 0.29) is 17.0 Å². The molecule has 0 aliphatic carbocycles. The second kappa shape index (κ2) is 4.39. The van der Waals surface area contributed by atoms with Crippen LogP contribution in [0.3, 0.4) is 0 Å². The van der Waals surface area contributed by atoms with E-state index in [4.69, 9.17) is 22.4 Å². The summed E-state index contributed by atoms with van der Waals surface area (Å²) in [6.45, 7) is 0. The third-order valence-electron chi connectivity index (χ3n) is 1.79. The number of nitrogens with two attached hydrogens (primary N) is 1. The molecule has 3 nitrogen and oxygen atoms in total. The zero-order valence-corrected chi connectivity index (χ0v) is 7.96. The Morgan fingerprint density at radius 2 is 2.29 bits per heavy atom. The van der Waals surface area contributed by atoms with Crippen molar-refractivity contribution in [1.82, 2.24) is 0 Å². The van der Waals surface area contributed by atoms with Gasteiger partial charge in [0, 0.05) is 6.42 Å². The molecule has 1 atom stereocenters. The first-order chi connectivity index (χ1) is 6.52. The van der Waals surface area contributed by atoms with Crippen LogP contribution in [0.2, 0.25) is 5.02 Å². The molecular weight excluding hydrogens is 209 g/mol. The third-order valence-corrected chi connectivity index (χ3v) is 2.08. The van der Waals surface area contributed by atoms with Gasteiger partial charge in [-0.25, -0.2) is 4.39 Å². The molecule has 3 N–H and O–H groups in total. The molecule has 0 fully saturated rings. The molecule has 0 heterocycles. The fourth-order valence-electron chi connectivity index (χ4n) is 1.03. The number of aliphatic carboxylic acids is 1. The lowest BCUT2D eigenvalue weighted by Gasteiger charge is -2.07. The summed E-state index contributed by atoms with van der Waals surface area (Å²) in [4.78, 5) is 10.4. The topological polar surface area (TPSA) is 63.3 Å². The van der Waals surface area contributed by atoms with Gasteiger partial charge in [0.05, 0.1) is 5.02 Å². The van der Waals surface area contributed by atoms with E-state index in [0.717, 1.165) is 0 Å². The Morgan fingerprint density at radius 3 is 2.86 bits per heavy atom. The second-order valence-corrected chi connectivity index (χ2v) is 3.27. The molecule has 5 heteroatoms. The van der Waals surface area contributed by atoms with Crippen molar-refractivity contribution < 1.29 is 14.3 Å². The van der Waals surface area contributed by atoms with E-state index < -0.39 is 17.8 Å². The Balaban J connectivity index is 2.87. The molecule has 0 spiro atoms. The lowest BCUT2D eigenvalue weighted by atomic mass is 10.1. The lowest BCUT2D eigenvalue weighted by molar-refractivity contribution is -0.138. The molecule has 0 saturated heterocycles. The van der Waals surface area contributed by atoms with Gasteiger partial charge in [-0.3, -0.25) is 4.79 Å². The van der Waals surface area contributed by atoms with E-state index in [1.807, 2.05) is 0 Å². The van der Waals surface area contributed by atoms with Crippen molar-refractivity contribution in [2.24, 2.45) is 5.73 Å². The van der Waals surface area contributed by atoms with Crippen LogP contribution in [-0.4, -0.2) is 17.1 Å². The second-order valence-electron chi connectivity index (χ2n) is 2.86. The highest BCUT2D eigenvalue weighted by Crippen LogP contribution is 2.18. The number of hydrogen-bond acceptors (Lipinski definition) is 2. The van der Waals surface area contributed by atoms with Crippen LogP contribution in [0.5, 0.6) is 0 Å². The maximum Gasteiger partial charge on any atom is 0.320 e. The Labute approximate surface area is 85.3 Å². The predicted octanol–water partition coefficient (Wildman–Crippen LogP) is 1.43. The van der Waals surface area contributed by atoms with E-state index in [1.165, 1.54) is 12.1 Å². The van der Waals surface area contributed by atoms with E-state index in [2.05, 4.69) is 0 Å². The van der Waals surface area contributed by atoms with Gasteiger partial charge in [-0.1, -0.05) is 23.7 Å². The minimum absolute atomic E-state index is 0.0277. The van der Waals surface area contributed by atoms with Crippen molar-refractivity contribution in [3.05, 3.63) is 34.6 Å². The van der Waals surface area contributed by atoms with Crippen LogP contribution in [0.25, 0.3) is 0 Å². The minimum atomic E-state index is -1.16. The van der Waals surface area contributed by atoms with Crippen LogP contribution >= 0.6 is 11.6 Å². The molecule has 0 saturated carbocycles. The Bertz CT molecular complexity index is 357. The molecule has 0 aliphatic rings. The van der Waals surface area contributed by atoms with Crippen LogP contribution < -0.4 is 5.73 Å². The van der Waals surface area contributed by atoms with Gasteiger partial charge in [-0.05, 0) is 11.6 Å². The van der Waals surface area contributed by atoms with Crippen molar-refractivity contribution in [3.63, 3.8) is 0 Å². The number of rotatable bonds is 3. The quantitative estimate of drug-likeness (QED) is 0.805. The maximum absolute atomic E-state index is 13.2. The molecule has 14 heavy (non-hydrogen) atoms. The zero-order valence-electron chi connectivity index (χ0n) is 7.21. The summed E-state index contributed by atoms with van der Waals surface area (Å²) in [5.41, 5.74) is 5.47. The number of carbonyl (C=O) groups is 1. The van der Waals surface area contributed by atoms with Crippen LogP contribution in [0.15, 0.2) is 18.2 Å². The highest BCUT2D eigenvalue weighted by Gasteiger charge is 2.15. The third kappa shape index (κ3) is 2.43. The average Bonchev–Trinajstić information content (AvgIpc) is 2.12. The van der Waals surface area contributed by atoms with Gasteiger partial charge in [0.25, 0.3) is 0 Å². The first kappa shape index (κ1) is 10.9. The number of carboxylic acids is 1. The smallest absolute Gasteiger partial charge is 0.320 e. The molecule has 76 valence electrons. The Kier molecular flexibility index (Phi) is 3.43. The van der Waals surface area contributed by atoms with Gasteiger partial charge in [0.1, 0.15) is 11.9 Å². The maximum atomic E-state index is 13.2. The summed E-state index contributed by atoms with van der Waals surface area (Å²) >= 11 is 5.51. The first-order valence-corrected chi connectivity index (χ1v) is 4.31. The minimum Gasteiger partial charge on any atom is -0.480 e. The van der Waals surface area contributed by atoms with Crippen molar-refractivity contribution in [2.45, 2.75) is 12.5 Å². The summed E-state index contributed by atoms with van der Waals surface area (Å²) in [5.74, 6) is -1.77. The zero-order chi connectivity index (χ0) is 10.7. The molecule has 0 aromatic heterocycles. The molecule has 0 aliphatic heterocycles. The van der Waals surface area contributed by atoms with Crippen molar-refractivity contribution in [3.8, 4) is 0 Å². The van der Waals surface area contributed by atoms with Crippen molar-refractivity contribution in [1.29, 1.82) is 0 Å². The van der Waals surface area contributed by atoms with Gasteiger partial charge >= 0.3 is 5.97 Å². The highest BCUT2D eigenvalue weighted by molar-refractivity contribution is 6.30. The molecule has 1 aromatic rings. The fourth-order valence-corrected chi connectivity index (χ4v) is 1.22. The molecule has 0 bridgehead atoms. The van der Waals surface area contributed by atoms with E-state index in [0.29, 0.717) is 0 Å². The monoisotopic (exact) mass is 217 g/mol. The van der Waals surface area contributed by atoms with Gasteiger partial charge in [-0.2, -0.15) is 0 Å². The lowest BCUT2D eigenvalue weighted by Crippen LogP contribution is -2.32. The van der Waals surface area contributed by atoms with E-state index in [9.17, 15) is 9.18 Å². The van der Waals surface area contributed by atoms with E-state index >= 15 is 0 Å². The summed E-state index contributed by atoms with van der Waals surface area (Å²) in [6, 6.07) is 3.30. The summed E-state index contributed by atoms with van der Waals surface area (Å²) in [7, 11) is 0. The highest BCUT2D eigenvalue weighted by atomic mass is 35.5. The fraction of sp³-hybridized carbons (Fsp3) is 0.222. The van der Waals surface area contributed by atoms with Gasteiger partial charge in [-0.15, -0.1) is 0 Å². The SMILES string of the molecule is N[C@@H](Cc1cccc(Cl)c1F)C(=O)O. The largest absolute Gasteiger partial charge is 0.480 e. The number of halogens is 2. The molecule has 0 amide bonds. The summed E-state index contributed by atoms with van der Waals surface area (Å²) in [5, 5.41) is 8.50. The van der Waals surface area contributed by atoms with Gasteiger partial charge in [0.2, 0.25) is 0 Å². The predicted molar refractivity (Wildman–Crippen MR) is 50.7 cm³/mol. The molecular formula is C9H9ClFNO2. The number of hydrogen-bond donors (Lipinski definition) is 2. The summed E-state index contributed by atoms with van der Waals surface area (Å²) in [6.07, 6.45) is -0.0677. The van der Waals surface area contributed by atoms with Crippen molar-refractivity contribution >= 4 is 17.6 Å². The number of carboxylic acid groups (broad SMARTS) is 1. The normalized spacial score (nSPS) is 12.5. The summed E-state index contributed by atoms with van der Waals surface area (Å²) < 4.78 is 13.2.